The highest BCUT2D eigenvalue weighted by Crippen LogP contribution is 2.35. The topological polar surface area (TPSA) is 82.2 Å². The number of fused-ring (bicyclic) bond motifs is 1. The zero-order chi connectivity index (χ0) is 20.5. The van der Waals surface area contributed by atoms with Crippen LogP contribution in [0, 0.1) is 13.8 Å². The van der Waals surface area contributed by atoms with Gasteiger partial charge in [0.15, 0.2) is 5.96 Å². The number of benzene rings is 3. The molecule has 4 N–H and O–H groups in total. The molecule has 0 saturated carbocycles. The molecular formula is C24H25N5. The van der Waals surface area contributed by atoms with Crippen LogP contribution >= 0.6 is 0 Å². The predicted molar refractivity (Wildman–Crippen MR) is 121 cm³/mol. The van der Waals surface area contributed by atoms with Crippen LogP contribution in [0.2, 0.25) is 0 Å². The van der Waals surface area contributed by atoms with E-state index in [1.165, 1.54) is 22.3 Å². The van der Waals surface area contributed by atoms with Crippen molar-refractivity contribution >= 4 is 22.7 Å². The van der Waals surface area contributed by atoms with Crippen LogP contribution in [0.3, 0.4) is 0 Å². The van der Waals surface area contributed by atoms with Crippen molar-refractivity contribution in [2.24, 2.45) is 16.5 Å². The Morgan fingerprint density at radius 3 is 2.38 bits per heavy atom. The number of aliphatic imine (C=N–C) groups is 1. The third-order valence-electron chi connectivity index (χ3n) is 5.15. The van der Waals surface area contributed by atoms with Gasteiger partial charge < -0.3 is 16.0 Å². The Balaban J connectivity index is 1.94. The van der Waals surface area contributed by atoms with Gasteiger partial charge in [-0.1, -0.05) is 48.0 Å². The molecule has 0 aliphatic carbocycles. The Morgan fingerprint density at radius 2 is 1.69 bits per heavy atom. The Hall–Kier alpha value is -3.60. The number of nitrogens with two attached hydrogens (primary N) is 2. The number of aromatic nitrogens is 2. The lowest BCUT2D eigenvalue weighted by atomic mass is 9.94. The highest BCUT2D eigenvalue weighted by Gasteiger charge is 2.16. The first-order chi connectivity index (χ1) is 14.0. The normalized spacial score (nSPS) is 11.0. The van der Waals surface area contributed by atoms with Gasteiger partial charge in [-0.15, -0.1) is 0 Å². The second-order valence-corrected chi connectivity index (χ2v) is 7.25. The van der Waals surface area contributed by atoms with E-state index in [2.05, 4.69) is 72.8 Å². The van der Waals surface area contributed by atoms with E-state index < -0.39 is 0 Å². The summed E-state index contributed by atoms with van der Waals surface area (Å²) in [6.07, 6.45) is 0. The first kappa shape index (κ1) is 18.7. The summed E-state index contributed by atoms with van der Waals surface area (Å²) in [4.78, 5) is 9.12. The van der Waals surface area contributed by atoms with E-state index in [0.29, 0.717) is 5.69 Å². The summed E-state index contributed by atoms with van der Waals surface area (Å²) in [6.45, 7) is 7.22. The maximum Gasteiger partial charge on any atom is 0.191 e. The van der Waals surface area contributed by atoms with E-state index in [1.54, 1.807) is 0 Å². The number of hydrogen-bond acceptors (Lipinski definition) is 2. The minimum Gasteiger partial charge on any atom is -0.370 e. The van der Waals surface area contributed by atoms with Crippen molar-refractivity contribution in [3.05, 3.63) is 71.8 Å². The van der Waals surface area contributed by atoms with Gasteiger partial charge in [0.25, 0.3) is 0 Å². The summed E-state index contributed by atoms with van der Waals surface area (Å²) in [5.74, 6) is 0.986. The van der Waals surface area contributed by atoms with Gasteiger partial charge in [0.1, 0.15) is 5.82 Å². The highest BCUT2D eigenvalue weighted by atomic mass is 15.1. The summed E-state index contributed by atoms with van der Waals surface area (Å²) in [6, 6.07) is 20.9. The Kier molecular flexibility index (Phi) is 4.80. The molecule has 1 aromatic heterocycles. The molecule has 0 saturated heterocycles. The van der Waals surface area contributed by atoms with Crippen LogP contribution in [-0.4, -0.2) is 15.5 Å². The Morgan fingerprint density at radius 1 is 0.931 bits per heavy atom. The zero-order valence-corrected chi connectivity index (χ0v) is 17.0. The first-order valence-corrected chi connectivity index (χ1v) is 9.75. The molecule has 0 radical (unpaired) electrons. The molecular weight excluding hydrogens is 358 g/mol. The zero-order valence-electron chi connectivity index (χ0n) is 17.0. The van der Waals surface area contributed by atoms with Crippen molar-refractivity contribution in [3.63, 3.8) is 0 Å². The molecule has 0 fully saturated rings. The van der Waals surface area contributed by atoms with Crippen molar-refractivity contribution in [2.75, 3.05) is 0 Å². The number of guanidine groups is 1. The molecule has 5 nitrogen and oxygen atoms in total. The van der Waals surface area contributed by atoms with Gasteiger partial charge in [-0.05, 0) is 55.7 Å². The van der Waals surface area contributed by atoms with E-state index in [1.807, 2.05) is 18.2 Å². The molecule has 1 heterocycles. The largest absolute Gasteiger partial charge is 0.370 e. The lowest BCUT2D eigenvalue weighted by molar-refractivity contribution is 0.796. The van der Waals surface area contributed by atoms with Crippen LogP contribution in [0.15, 0.2) is 65.7 Å². The van der Waals surface area contributed by atoms with Crippen LogP contribution in [0.5, 0.6) is 0 Å². The maximum atomic E-state index is 5.53. The standard InChI is InChI=1S/C24H25N5/c1-4-29-22-12-10-17(27-24(25)26)14-21(22)28-23(29)20-8-6-5-7-19(20)18-11-9-15(2)13-16(18)3/h5-14H,4H2,1-3H3,(H4,25,26,27). The summed E-state index contributed by atoms with van der Waals surface area (Å²) in [5.41, 5.74) is 19.7. The van der Waals surface area contributed by atoms with Crippen molar-refractivity contribution in [2.45, 2.75) is 27.3 Å². The van der Waals surface area contributed by atoms with E-state index in [4.69, 9.17) is 16.5 Å². The molecule has 29 heavy (non-hydrogen) atoms. The van der Waals surface area contributed by atoms with E-state index in [9.17, 15) is 0 Å². The maximum absolute atomic E-state index is 5.53. The number of hydrogen-bond donors (Lipinski definition) is 2. The summed E-state index contributed by atoms with van der Waals surface area (Å²) in [5, 5.41) is 0. The molecule has 0 aliphatic rings. The van der Waals surface area contributed by atoms with Gasteiger partial charge in [0.05, 0.1) is 16.7 Å². The SMILES string of the molecule is CCn1c(-c2ccccc2-c2ccc(C)cc2C)nc2cc(N=C(N)N)ccc21. The van der Waals surface area contributed by atoms with E-state index in [0.717, 1.165) is 29.0 Å². The molecule has 0 unspecified atom stereocenters. The van der Waals surface area contributed by atoms with Crippen LogP contribution in [-0.2, 0) is 6.54 Å². The van der Waals surface area contributed by atoms with Crippen LogP contribution in [0.4, 0.5) is 5.69 Å². The number of aryl methyl sites for hydroxylation is 3. The van der Waals surface area contributed by atoms with Crippen LogP contribution < -0.4 is 11.5 Å². The molecule has 146 valence electrons. The predicted octanol–water partition coefficient (Wildman–Crippen LogP) is 4.91. The van der Waals surface area contributed by atoms with Crippen molar-refractivity contribution < 1.29 is 0 Å². The van der Waals surface area contributed by atoms with Crippen molar-refractivity contribution in [1.82, 2.24) is 9.55 Å². The number of imidazole rings is 1. The lowest BCUT2D eigenvalue weighted by Gasteiger charge is -2.14. The minimum atomic E-state index is 0.0414. The summed E-state index contributed by atoms with van der Waals surface area (Å²) in [7, 11) is 0. The highest BCUT2D eigenvalue weighted by molar-refractivity contribution is 5.89. The molecule has 4 aromatic rings. The van der Waals surface area contributed by atoms with Crippen LogP contribution in [0.1, 0.15) is 18.1 Å². The second kappa shape index (κ2) is 7.43. The van der Waals surface area contributed by atoms with Gasteiger partial charge in [-0.2, -0.15) is 0 Å². The number of rotatable bonds is 4. The van der Waals surface area contributed by atoms with Gasteiger partial charge >= 0.3 is 0 Å². The van der Waals surface area contributed by atoms with Crippen molar-refractivity contribution in [3.8, 4) is 22.5 Å². The Labute approximate surface area is 170 Å². The third kappa shape index (κ3) is 3.47. The summed E-state index contributed by atoms with van der Waals surface area (Å²) < 4.78 is 2.23. The van der Waals surface area contributed by atoms with Gasteiger partial charge in [0.2, 0.25) is 0 Å². The smallest absolute Gasteiger partial charge is 0.191 e. The van der Waals surface area contributed by atoms with Gasteiger partial charge in [0, 0.05) is 12.1 Å². The van der Waals surface area contributed by atoms with Gasteiger partial charge in [-0.25, -0.2) is 9.98 Å². The van der Waals surface area contributed by atoms with Crippen molar-refractivity contribution in [1.29, 1.82) is 0 Å². The second-order valence-electron chi connectivity index (χ2n) is 7.25. The van der Waals surface area contributed by atoms with E-state index in [-0.39, 0.29) is 5.96 Å². The fraction of sp³-hybridized carbons (Fsp3) is 0.167. The van der Waals surface area contributed by atoms with Crippen LogP contribution in [0.25, 0.3) is 33.5 Å². The molecule has 0 spiro atoms. The summed E-state index contributed by atoms with van der Waals surface area (Å²) >= 11 is 0. The quantitative estimate of drug-likeness (QED) is 0.388. The van der Waals surface area contributed by atoms with Gasteiger partial charge in [-0.3, -0.25) is 0 Å². The average molecular weight is 383 g/mol. The fourth-order valence-electron chi connectivity index (χ4n) is 3.89. The monoisotopic (exact) mass is 383 g/mol. The molecule has 0 amide bonds. The third-order valence-corrected chi connectivity index (χ3v) is 5.15. The first-order valence-electron chi connectivity index (χ1n) is 9.75. The number of nitrogens with zero attached hydrogens (tertiary/aromatic N) is 3. The average Bonchev–Trinajstić information content (AvgIpc) is 3.05. The minimum absolute atomic E-state index is 0.0414. The Bertz CT molecular complexity index is 1230. The molecule has 3 aromatic carbocycles. The molecule has 4 rings (SSSR count). The molecule has 5 heteroatoms. The molecule has 0 bridgehead atoms. The van der Waals surface area contributed by atoms with E-state index >= 15 is 0 Å². The fourth-order valence-corrected chi connectivity index (χ4v) is 3.89. The lowest BCUT2D eigenvalue weighted by Crippen LogP contribution is -2.21. The molecule has 0 aliphatic heterocycles. The molecule has 0 atom stereocenters.